The van der Waals surface area contributed by atoms with Gasteiger partial charge in [0, 0.05) is 31.7 Å². The fraction of sp³-hybridized carbons (Fsp3) is 0.250. The zero-order valence-corrected chi connectivity index (χ0v) is 19.0. The molecule has 0 amide bonds. The molecule has 1 aliphatic rings. The monoisotopic (exact) mass is 439 g/mol. The Kier molecular flexibility index (Phi) is 6.40. The molecule has 1 aliphatic heterocycles. The topological polar surface area (TPSA) is 39.5 Å². The first kappa shape index (κ1) is 21.3. The fourth-order valence-electron chi connectivity index (χ4n) is 4.36. The van der Waals surface area contributed by atoms with E-state index in [-0.39, 0.29) is 0 Å². The Bertz CT molecular complexity index is 1190. The molecule has 0 N–H and O–H groups in total. The molecule has 0 radical (unpaired) electrons. The van der Waals surface area contributed by atoms with E-state index in [4.69, 9.17) is 14.5 Å². The van der Waals surface area contributed by atoms with Crippen molar-refractivity contribution < 1.29 is 9.47 Å². The summed E-state index contributed by atoms with van der Waals surface area (Å²) < 4.78 is 13.5. The van der Waals surface area contributed by atoms with Gasteiger partial charge < -0.3 is 14.0 Å². The van der Waals surface area contributed by atoms with Gasteiger partial charge in [-0.15, -0.1) is 0 Å². The van der Waals surface area contributed by atoms with Crippen molar-refractivity contribution in [2.24, 2.45) is 0 Å². The van der Waals surface area contributed by atoms with E-state index in [1.165, 1.54) is 16.8 Å². The third-order valence-electron chi connectivity index (χ3n) is 5.90. The van der Waals surface area contributed by atoms with Crippen LogP contribution in [0.1, 0.15) is 30.2 Å². The van der Waals surface area contributed by atoms with Gasteiger partial charge in [0.05, 0.1) is 11.9 Å². The van der Waals surface area contributed by atoms with Crippen LogP contribution in [-0.2, 0) is 26.2 Å². The molecule has 5 heteroatoms. The van der Waals surface area contributed by atoms with Crippen molar-refractivity contribution in [2.45, 2.75) is 39.5 Å². The van der Waals surface area contributed by atoms with Gasteiger partial charge in [0.25, 0.3) is 0 Å². The summed E-state index contributed by atoms with van der Waals surface area (Å²) in [6, 6.07) is 27.3. The summed E-state index contributed by atoms with van der Waals surface area (Å²) in [6.07, 6.45) is 3.10. The molecule has 1 aromatic heterocycles. The smallest absolute Gasteiger partial charge is 0.231 e. The largest absolute Gasteiger partial charge is 0.454 e. The first-order chi connectivity index (χ1) is 16.3. The Morgan fingerprint density at radius 2 is 1.55 bits per heavy atom. The van der Waals surface area contributed by atoms with E-state index < -0.39 is 0 Å². The van der Waals surface area contributed by atoms with Gasteiger partial charge in [-0.25, -0.2) is 4.98 Å². The summed E-state index contributed by atoms with van der Waals surface area (Å²) in [7, 11) is 0. The Morgan fingerprint density at radius 3 is 2.33 bits per heavy atom. The number of fused-ring (bicyclic) bond motifs is 1. The summed E-state index contributed by atoms with van der Waals surface area (Å²) in [4.78, 5) is 7.28. The summed E-state index contributed by atoms with van der Waals surface area (Å²) in [5.41, 5.74) is 4.89. The lowest BCUT2D eigenvalue weighted by Crippen LogP contribution is -2.24. The lowest BCUT2D eigenvalue weighted by atomic mass is 10.1. The molecule has 0 saturated heterocycles. The van der Waals surface area contributed by atoms with E-state index in [1.807, 2.05) is 18.3 Å². The first-order valence-electron chi connectivity index (χ1n) is 11.5. The number of ether oxygens (including phenoxy) is 2. The minimum absolute atomic E-state index is 0.297. The molecule has 0 saturated carbocycles. The van der Waals surface area contributed by atoms with Crippen molar-refractivity contribution in [1.82, 2.24) is 14.5 Å². The zero-order valence-electron chi connectivity index (χ0n) is 19.0. The minimum Gasteiger partial charge on any atom is -0.454 e. The van der Waals surface area contributed by atoms with Crippen LogP contribution in [0, 0.1) is 0 Å². The summed E-state index contributed by atoms with van der Waals surface area (Å²) >= 11 is 0. The maximum Gasteiger partial charge on any atom is 0.231 e. The van der Waals surface area contributed by atoms with Crippen LogP contribution >= 0.6 is 0 Å². The molecular formula is C28H29N3O2. The molecule has 0 atom stereocenters. The normalized spacial score (nSPS) is 12.4. The van der Waals surface area contributed by atoms with Crippen molar-refractivity contribution in [3.05, 3.63) is 102 Å². The lowest BCUT2D eigenvalue weighted by Gasteiger charge is -2.24. The first-order valence-corrected chi connectivity index (χ1v) is 11.5. The number of hydrogen-bond donors (Lipinski definition) is 0. The molecule has 168 valence electrons. The maximum absolute atomic E-state index is 5.61. The molecule has 4 aromatic rings. The highest BCUT2D eigenvalue weighted by Gasteiger charge is 2.18. The van der Waals surface area contributed by atoms with E-state index in [0.29, 0.717) is 6.79 Å². The second-order valence-corrected chi connectivity index (χ2v) is 8.41. The molecule has 5 nitrogen and oxygen atoms in total. The van der Waals surface area contributed by atoms with Crippen molar-refractivity contribution in [2.75, 3.05) is 6.79 Å². The van der Waals surface area contributed by atoms with Gasteiger partial charge in [0.2, 0.25) is 6.79 Å². The minimum atomic E-state index is 0.297. The molecule has 5 rings (SSSR count). The van der Waals surface area contributed by atoms with Gasteiger partial charge in [0.15, 0.2) is 11.5 Å². The zero-order chi connectivity index (χ0) is 22.5. The van der Waals surface area contributed by atoms with Gasteiger partial charge in [-0.3, -0.25) is 4.90 Å². The molecule has 0 unspecified atom stereocenters. The highest BCUT2D eigenvalue weighted by molar-refractivity contribution is 5.56. The van der Waals surface area contributed by atoms with Crippen molar-refractivity contribution in [1.29, 1.82) is 0 Å². The summed E-state index contributed by atoms with van der Waals surface area (Å²) in [5, 5.41) is 0. The number of hydrogen-bond acceptors (Lipinski definition) is 4. The predicted octanol–water partition coefficient (Wildman–Crippen LogP) is 5.89. The van der Waals surface area contributed by atoms with Crippen LogP contribution in [0.5, 0.6) is 11.5 Å². The Hall–Kier alpha value is -3.57. The summed E-state index contributed by atoms with van der Waals surface area (Å²) in [6.45, 7) is 5.93. The van der Waals surface area contributed by atoms with Gasteiger partial charge in [-0.05, 0) is 29.7 Å². The second kappa shape index (κ2) is 9.92. The Balaban J connectivity index is 1.43. The number of aromatic nitrogens is 2. The van der Waals surface area contributed by atoms with Crippen molar-refractivity contribution in [3.63, 3.8) is 0 Å². The molecular weight excluding hydrogens is 410 g/mol. The van der Waals surface area contributed by atoms with Crippen LogP contribution in [0.2, 0.25) is 0 Å². The van der Waals surface area contributed by atoms with Crippen LogP contribution < -0.4 is 9.47 Å². The van der Waals surface area contributed by atoms with Crippen LogP contribution in [0.3, 0.4) is 0 Å². The van der Waals surface area contributed by atoms with Gasteiger partial charge in [0.1, 0.15) is 5.82 Å². The molecule has 33 heavy (non-hydrogen) atoms. The van der Waals surface area contributed by atoms with Crippen LogP contribution in [-0.4, -0.2) is 21.2 Å². The van der Waals surface area contributed by atoms with Gasteiger partial charge in [-0.2, -0.15) is 0 Å². The Labute approximate surface area is 195 Å². The van der Waals surface area contributed by atoms with Crippen LogP contribution in [0.4, 0.5) is 0 Å². The molecule has 0 bridgehead atoms. The standard InChI is InChI=1S/C28H29N3O2/c1-2-15-31-25(17-29-28(31)24-11-7-4-8-12-24)20-30(18-22-9-5-3-6-10-22)19-23-13-14-26-27(16-23)33-21-32-26/h3-14,16-17H,2,15,18-21H2,1H3. The van der Waals surface area contributed by atoms with Crippen molar-refractivity contribution >= 4 is 0 Å². The number of rotatable bonds is 9. The van der Waals surface area contributed by atoms with Crippen LogP contribution in [0.25, 0.3) is 11.4 Å². The average Bonchev–Trinajstić information content (AvgIpc) is 3.47. The molecule has 3 aromatic carbocycles. The molecule has 0 spiro atoms. The number of nitrogens with zero attached hydrogens (tertiary/aromatic N) is 3. The molecule has 0 aliphatic carbocycles. The third-order valence-corrected chi connectivity index (χ3v) is 5.90. The van der Waals surface area contributed by atoms with Crippen molar-refractivity contribution in [3.8, 4) is 22.9 Å². The third kappa shape index (κ3) is 4.94. The SMILES string of the molecule is CCCn1c(CN(Cc2ccccc2)Cc2ccc3c(c2)OCO3)cnc1-c1ccccc1. The molecule has 0 fully saturated rings. The average molecular weight is 440 g/mol. The van der Waals surface area contributed by atoms with E-state index in [1.54, 1.807) is 0 Å². The molecule has 2 heterocycles. The lowest BCUT2D eigenvalue weighted by molar-refractivity contribution is 0.174. The summed E-state index contributed by atoms with van der Waals surface area (Å²) in [5.74, 6) is 2.69. The van der Waals surface area contributed by atoms with E-state index >= 15 is 0 Å². The maximum atomic E-state index is 5.61. The number of imidazole rings is 1. The van der Waals surface area contributed by atoms with E-state index in [9.17, 15) is 0 Å². The predicted molar refractivity (Wildman–Crippen MR) is 130 cm³/mol. The van der Waals surface area contributed by atoms with Gasteiger partial charge >= 0.3 is 0 Å². The van der Waals surface area contributed by atoms with E-state index in [0.717, 1.165) is 55.5 Å². The Morgan fingerprint density at radius 1 is 0.818 bits per heavy atom. The highest BCUT2D eigenvalue weighted by atomic mass is 16.7. The highest BCUT2D eigenvalue weighted by Crippen LogP contribution is 2.33. The fourth-order valence-corrected chi connectivity index (χ4v) is 4.36. The van der Waals surface area contributed by atoms with Crippen LogP contribution in [0.15, 0.2) is 85.1 Å². The number of benzene rings is 3. The quantitative estimate of drug-likeness (QED) is 0.326. The second-order valence-electron chi connectivity index (χ2n) is 8.41. The van der Waals surface area contributed by atoms with Gasteiger partial charge in [-0.1, -0.05) is 73.7 Å². The van der Waals surface area contributed by atoms with E-state index in [2.05, 4.69) is 83.1 Å².